The van der Waals surface area contributed by atoms with E-state index in [1.54, 1.807) is 0 Å². The van der Waals surface area contributed by atoms with Gasteiger partial charge in [-0.1, -0.05) is 0 Å². The summed E-state index contributed by atoms with van der Waals surface area (Å²) < 4.78 is 8.63. The van der Waals surface area contributed by atoms with Gasteiger partial charge in [-0.2, -0.15) is 5.10 Å². The lowest BCUT2D eigenvalue weighted by Gasteiger charge is -2.19. The van der Waals surface area contributed by atoms with E-state index >= 15 is 0 Å². The van der Waals surface area contributed by atoms with Gasteiger partial charge >= 0.3 is 0 Å². The van der Waals surface area contributed by atoms with Crippen LogP contribution >= 0.6 is 15.9 Å². The highest BCUT2D eigenvalue weighted by Gasteiger charge is 2.22. The number of halogens is 1. The predicted octanol–water partition coefficient (Wildman–Crippen LogP) is 2.49. The van der Waals surface area contributed by atoms with Crippen LogP contribution in [0.4, 0.5) is 0 Å². The number of nitrogens with zero attached hydrogens (tertiary/aromatic N) is 2. The maximum absolute atomic E-state index is 5.44. The largest absolute Gasteiger partial charge is 0.381 e. The zero-order valence-corrected chi connectivity index (χ0v) is 13.0. The van der Waals surface area contributed by atoms with Gasteiger partial charge in [0, 0.05) is 25.7 Å². The maximum Gasteiger partial charge on any atom is 0.0739 e. The summed E-state index contributed by atoms with van der Waals surface area (Å²) in [5.41, 5.74) is 2.30. The van der Waals surface area contributed by atoms with Crippen LogP contribution < -0.4 is 5.32 Å². The van der Waals surface area contributed by atoms with Gasteiger partial charge in [0.05, 0.1) is 22.5 Å². The highest BCUT2D eigenvalue weighted by molar-refractivity contribution is 9.10. The van der Waals surface area contributed by atoms with Crippen molar-refractivity contribution in [1.82, 2.24) is 15.1 Å². The molecule has 0 radical (unpaired) electrons. The van der Waals surface area contributed by atoms with Gasteiger partial charge in [0.1, 0.15) is 0 Å². The zero-order valence-electron chi connectivity index (χ0n) is 11.4. The standard InChI is InChI=1S/C13H22BrN3O/c1-4-17-12(13(14)10(3)16-17)7-15-9(2)11-5-6-18-8-11/h9,11,15H,4-8H2,1-3H3. The minimum Gasteiger partial charge on any atom is -0.381 e. The molecule has 4 nitrogen and oxygen atoms in total. The Balaban J connectivity index is 1.96. The molecule has 0 aliphatic carbocycles. The van der Waals surface area contributed by atoms with Gasteiger partial charge < -0.3 is 10.1 Å². The molecule has 1 aliphatic heterocycles. The molecule has 0 amide bonds. The second-order valence-electron chi connectivity index (χ2n) is 4.96. The van der Waals surface area contributed by atoms with Gasteiger partial charge in [-0.25, -0.2) is 0 Å². The van der Waals surface area contributed by atoms with Crippen LogP contribution in [0.3, 0.4) is 0 Å². The van der Waals surface area contributed by atoms with Crippen molar-refractivity contribution in [2.24, 2.45) is 5.92 Å². The molecular formula is C13H22BrN3O. The number of ether oxygens (including phenoxy) is 1. The van der Waals surface area contributed by atoms with Gasteiger partial charge in [0.25, 0.3) is 0 Å². The SMILES string of the molecule is CCn1nc(C)c(Br)c1CNC(C)C1CCOC1. The van der Waals surface area contributed by atoms with E-state index in [4.69, 9.17) is 4.74 Å². The van der Waals surface area contributed by atoms with E-state index in [1.165, 1.54) is 12.1 Å². The summed E-state index contributed by atoms with van der Waals surface area (Å²) in [6, 6.07) is 0.486. The fourth-order valence-corrected chi connectivity index (χ4v) is 2.83. The average Bonchev–Trinajstić information content (AvgIpc) is 2.97. The first kappa shape index (κ1) is 14.0. The summed E-state index contributed by atoms with van der Waals surface area (Å²) >= 11 is 3.63. The Labute approximate surface area is 117 Å². The molecule has 1 N–H and O–H groups in total. The Morgan fingerprint density at radius 3 is 3.00 bits per heavy atom. The van der Waals surface area contributed by atoms with E-state index in [1.807, 2.05) is 6.92 Å². The molecule has 0 aromatic carbocycles. The lowest BCUT2D eigenvalue weighted by molar-refractivity contribution is 0.178. The van der Waals surface area contributed by atoms with Crippen molar-refractivity contribution in [3.8, 4) is 0 Å². The van der Waals surface area contributed by atoms with Gasteiger partial charge in [-0.3, -0.25) is 4.68 Å². The smallest absolute Gasteiger partial charge is 0.0739 e. The first-order chi connectivity index (χ1) is 8.63. The Bertz CT molecular complexity index is 399. The van der Waals surface area contributed by atoms with Crippen molar-refractivity contribution in [1.29, 1.82) is 0 Å². The molecule has 1 aliphatic rings. The molecule has 2 rings (SSSR count). The second kappa shape index (κ2) is 6.17. The lowest BCUT2D eigenvalue weighted by Crippen LogP contribution is -2.34. The number of aromatic nitrogens is 2. The monoisotopic (exact) mass is 315 g/mol. The normalized spacial score (nSPS) is 21.4. The van der Waals surface area contributed by atoms with Crippen LogP contribution in [-0.4, -0.2) is 29.0 Å². The van der Waals surface area contributed by atoms with Crippen LogP contribution in [-0.2, 0) is 17.8 Å². The fourth-order valence-electron chi connectivity index (χ4n) is 2.41. The van der Waals surface area contributed by atoms with Crippen molar-refractivity contribution in [2.75, 3.05) is 13.2 Å². The topological polar surface area (TPSA) is 39.1 Å². The van der Waals surface area contributed by atoms with Crippen LogP contribution in [0.25, 0.3) is 0 Å². The molecule has 18 heavy (non-hydrogen) atoms. The Kier molecular flexibility index (Phi) is 4.81. The molecule has 5 heteroatoms. The molecular weight excluding hydrogens is 294 g/mol. The molecule has 2 heterocycles. The molecule has 102 valence electrons. The van der Waals surface area contributed by atoms with Gasteiger partial charge in [0.2, 0.25) is 0 Å². The van der Waals surface area contributed by atoms with E-state index in [-0.39, 0.29) is 0 Å². The number of nitrogens with one attached hydrogen (secondary N) is 1. The average molecular weight is 316 g/mol. The van der Waals surface area contributed by atoms with E-state index < -0.39 is 0 Å². The van der Waals surface area contributed by atoms with Crippen molar-refractivity contribution in [3.63, 3.8) is 0 Å². The van der Waals surface area contributed by atoms with E-state index in [9.17, 15) is 0 Å². The summed E-state index contributed by atoms with van der Waals surface area (Å²) in [5.74, 6) is 0.642. The minimum absolute atomic E-state index is 0.486. The number of rotatable bonds is 5. The third-order valence-electron chi connectivity index (χ3n) is 3.72. The van der Waals surface area contributed by atoms with Crippen LogP contribution in [0.2, 0.25) is 0 Å². The number of aryl methyl sites for hydroxylation is 2. The highest BCUT2D eigenvalue weighted by Crippen LogP contribution is 2.22. The number of hydrogen-bond acceptors (Lipinski definition) is 3. The first-order valence-electron chi connectivity index (χ1n) is 6.66. The minimum atomic E-state index is 0.486. The zero-order chi connectivity index (χ0) is 13.1. The molecule has 0 saturated carbocycles. The van der Waals surface area contributed by atoms with Crippen molar-refractivity contribution < 1.29 is 4.74 Å². The Morgan fingerprint density at radius 1 is 1.61 bits per heavy atom. The summed E-state index contributed by atoms with van der Waals surface area (Å²) in [5, 5.41) is 8.11. The third-order valence-corrected chi connectivity index (χ3v) is 4.75. The van der Waals surface area contributed by atoms with Crippen molar-refractivity contribution >= 4 is 15.9 Å². The Hall–Kier alpha value is -0.390. The van der Waals surface area contributed by atoms with Crippen LogP contribution in [0.1, 0.15) is 31.7 Å². The summed E-state index contributed by atoms with van der Waals surface area (Å²) in [6.07, 6.45) is 1.17. The summed E-state index contributed by atoms with van der Waals surface area (Å²) in [4.78, 5) is 0. The Morgan fingerprint density at radius 2 is 2.39 bits per heavy atom. The van der Waals surface area contributed by atoms with Crippen LogP contribution in [0, 0.1) is 12.8 Å². The molecule has 1 aromatic heterocycles. The predicted molar refractivity (Wildman–Crippen MR) is 75.6 cm³/mol. The van der Waals surface area contributed by atoms with Crippen LogP contribution in [0.15, 0.2) is 4.47 Å². The van der Waals surface area contributed by atoms with Crippen molar-refractivity contribution in [2.45, 2.75) is 46.3 Å². The molecule has 2 atom stereocenters. The molecule has 2 unspecified atom stereocenters. The molecule has 0 spiro atoms. The summed E-state index contributed by atoms with van der Waals surface area (Å²) in [7, 11) is 0. The third kappa shape index (κ3) is 2.95. The quantitative estimate of drug-likeness (QED) is 0.907. The molecule has 1 aromatic rings. The molecule has 0 bridgehead atoms. The van der Waals surface area contributed by atoms with Crippen molar-refractivity contribution in [3.05, 3.63) is 15.9 Å². The highest BCUT2D eigenvalue weighted by atomic mass is 79.9. The van der Waals surface area contributed by atoms with Gasteiger partial charge in [-0.15, -0.1) is 0 Å². The molecule has 1 fully saturated rings. The van der Waals surface area contributed by atoms with Gasteiger partial charge in [0.15, 0.2) is 0 Å². The fraction of sp³-hybridized carbons (Fsp3) is 0.769. The van der Waals surface area contributed by atoms with E-state index in [2.05, 4.69) is 44.9 Å². The van der Waals surface area contributed by atoms with E-state index in [0.29, 0.717) is 12.0 Å². The van der Waals surface area contributed by atoms with Gasteiger partial charge in [-0.05, 0) is 49.0 Å². The second-order valence-corrected chi connectivity index (χ2v) is 5.75. The van der Waals surface area contributed by atoms with Crippen LogP contribution in [0.5, 0.6) is 0 Å². The number of hydrogen-bond donors (Lipinski definition) is 1. The van der Waals surface area contributed by atoms with E-state index in [0.717, 1.165) is 36.5 Å². The first-order valence-corrected chi connectivity index (χ1v) is 7.45. The lowest BCUT2D eigenvalue weighted by atomic mass is 10.0. The molecule has 1 saturated heterocycles. The summed E-state index contributed by atoms with van der Waals surface area (Å²) in [6.45, 7) is 9.96. The maximum atomic E-state index is 5.44.